The van der Waals surface area contributed by atoms with E-state index in [0.29, 0.717) is 6.54 Å². The summed E-state index contributed by atoms with van der Waals surface area (Å²) in [6, 6.07) is 0. The van der Waals surface area contributed by atoms with E-state index in [1.807, 2.05) is 6.92 Å². The van der Waals surface area contributed by atoms with Gasteiger partial charge in [0.05, 0.1) is 12.6 Å². The Kier molecular flexibility index (Phi) is 11.1. The van der Waals surface area contributed by atoms with E-state index in [9.17, 15) is 9.59 Å². The average Bonchev–Trinajstić information content (AvgIpc) is 2.36. The Morgan fingerprint density at radius 1 is 1.28 bits per heavy atom. The van der Waals surface area contributed by atoms with Crippen LogP contribution < -0.4 is 0 Å². The van der Waals surface area contributed by atoms with Gasteiger partial charge in [-0.25, -0.2) is 14.6 Å². The number of carbonyl (C=O) groups is 1. The lowest BCUT2D eigenvalue weighted by Gasteiger charge is -2.11. The van der Waals surface area contributed by atoms with Crippen molar-refractivity contribution in [2.45, 2.75) is 58.0 Å². The van der Waals surface area contributed by atoms with Crippen LogP contribution >= 0.6 is 0 Å². The molecule has 4 heteroatoms. The van der Waals surface area contributed by atoms with E-state index in [4.69, 9.17) is 4.74 Å². The molecule has 0 saturated carbocycles. The van der Waals surface area contributed by atoms with Crippen molar-refractivity contribution in [2.75, 3.05) is 6.54 Å². The summed E-state index contributed by atoms with van der Waals surface area (Å²) in [4.78, 5) is 24.2. The Hall–Kier alpha value is -1.41. The number of unbranched alkanes of at least 4 members (excludes halogenated alkanes) is 5. The minimum atomic E-state index is -0.349. The van der Waals surface area contributed by atoms with Crippen LogP contribution in [-0.4, -0.2) is 24.7 Å². The highest BCUT2D eigenvalue weighted by Crippen LogP contribution is 2.10. The van der Waals surface area contributed by atoms with Gasteiger partial charge in [-0.2, -0.15) is 0 Å². The number of nitrogens with zero attached hydrogens (tertiary/aromatic N) is 1. The van der Waals surface area contributed by atoms with E-state index in [-0.39, 0.29) is 12.1 Å². The maximum atomic E-state index is 10.9. The SMILES string of the molecule is C=CC(=O)OC(C)CCCCCCCCN=C=O. The van der Waals surface area contributed by atoms with Crippen molar-refractivity contribution in [2.24, 2.45) is 4.99 Å². The molecule has 1 atom stereocenters. The summed E-state index contributed by atoms with van der Waals surface area (Å²) in [5.41, 5.74) is 0. The fourth-order valence-corrected chi connectivity index (χ4v) is 1.68. The van der Waals surface area contributed by atoms with E-state index in [2.05, 4.69) is 11.6 Å². The van der Waals surface area contributed by atoms with E-state index >= 15 is 0 Å². The Morgan fingerprint density at radius 2 is 1.89 bits per heavy atom. The minimum Gasteiger partial charge on any atom is -0.460 e. The number of hydrogen-bond acceptors (Lipinski definition) is 4. The monoisotopic (exact) mass is 253 g/mol. The predicted octanol–water partition coefficient (Wildman–Crippen LogP) is 3.17. The second-order valence-electron chi connectivity index (χ2n) is 4.33. The standard InChI is InChI=1S/C14H23NO3/c1-3-14(17)18-13(2)10-8-6-4-5-7-9-11-15-12-16/h3,13H,1,4-11H2,2H3. The minimum absolute atomic E-state index is 0.0302. The number of ether oxygens (including phenoxy) is 1. The van der Waals surface area contributed by atoms with Gasteiger partial charge in [0.25, 0.3) is 0 Å². The molecule has 0 rings (SSSR count). The van der Waals surface area contributed by atoms with Crippen LogP contribution in [-0.2, 0) is 14.3 Å². The highest BCUT2D eigenvalue weighted by atomic mass is 16.5. The van der Waals surface area contributed by atoms with Gasteiger partial charge in [0, 0.05) is 6.08 Å². The molecule has 0 aromatic carbocycles. The first kappa shape index (κ1) is 16.6. The molecule has 0 aliphatic heterocycles. The molecule has 0 aromatic rings. The first-order valence-electron chi connectivity index (χ1n) is 6.57. The Labute approximate surface area is 109 Å². The van der Waals surface area contributed by atoms with Gasteiger partial charge < -0.3 is 4.74 Å². The maximum absolute atomic E-state index is 10.9. The highest BCUT2D eigenvalue weighted by molar-refractivity contribution is 5.81. The van der Waals surface area contributed by atoms with Crippen molar-refractivity contribution in [1.82, 2.24) is 0 Å². The molecule has 1 unspecified atom stereocenters. The molecule has 0 N–H and O–H groups in total. The van der Waals surface area contributed by atoms with E-state index in [0.717, 1.165) is 38.5 Å². The number of hydrogen-bond donors (Lipinski definition) is 0. The molecule has 0 aliphatic rings. The molecule has 0 aliphatic carbocycles. The molecule has 0 radical (unpaired) electrons. The first-order chi connectivity index (χ1) is 8.70. The molecule has 0 saturated heterocycles. The smallest absolute Gasteiger partial charge is 0.330 e. The molecule has 0 bridgehead atoms. The quantitative estimate of drug-likeness (QED) is 0.187. The Bertz CT molecular complexity index is 283. The van der Waals surface area contributed by atoms with Crippen LogP contribution in [0.1, 0.15) is 51.9 Å². The zero-order chi connectivity index (χ0) is 13.6. The van der Waals surface area contributed by atoms with Crippen LogP contribution in [0.15, 0.2) is 17.6 Å². The Morgan fingerprint density at radius 3 is 2.50 bits per heavy atom. The number of rotatable bonds is 11. The molecule has 0 fully saturated rings. The predicted molar refractivity (Wildman–Crippen MR) is 71.1 cm³/mol. The molecule has 102 valence electrons. The molecule has 18 heavy (non-hydrogen) atoms. The van der Waals surface area contributed by atoms with E-state index in [1.165, 1.54) is 18.6 Å². The molecular weight excluding hydrogens is 230 g/mol. The largest absolute Gasteiger partial charge is 0.460 e. The van der Waals surface area contributed by atoms with Crippen LogP contribution in [0.5, 0.6) is 0 Å². The zero-order valence-electron chi connectivity index (χ0n) is 11.2. The lowest BCUT2D eigenvalue weighted by Crippen LogP contribution is -2.12. The molecule has 0 spiro atoms. The van der Waals surface area contributed by atoms with E-state index < -0.39 is 0 Å². The summed E-state index contributed by atoms with van der Waals surface area (Å²) in [6.07, 6.45) is 10.2. The maximum Gasteiger partial charge on any atom is 0.330 e. The van der Waals surface area contributed by atoms with Crippen LogP contribution in [0.2, 0.25) is 0 Å². The Balaban J connectivity index is 3.26. The third-order valence-corrected chi connectivity index (χ3v) is 2.68. The third-order valence-electron chi connectivity index (χ3n) is 2.68. The summed E-state index contributed by atoms with van der Waals surface area (Å²) in [5.74, 6) is -0.349. The molecule has 4 nitrogen and oxygen atoms in total. The molecule has 0 aromatic heterocycles. The summed E-state index contributed by atoms with van der Waals surface area (Å²) in [7, 11) is 0. The van der Waals surface area contributed by atoms with Gasteiger partial charge in [0.1, 0.15) is 0 Å². The number of isocyanates is 1. The summed E-state index contributed by atoms with van der Waals surface area (Å²) < 4.78 is 5.07. The van der Waals surface area contributed by atoms with Gasteiger partial charge in [0.2, 0.25) is 6.08 Å². The fraction of sp³-hybridized carbons (Fsp3) is 0.714. The van der Waals surface area contributed by atoms with E-state index in [1.54, 1.807) is 0 Å². The second-order valence-corrected chi connectivity index (χ2v) is 4.33. The lowest BCUT2D eigenvalue weighted by molar-refractivity contribution is -0.142. The highest BCUT2D eigenvalue weighted by Gasteiger charge is 2.05. The van der Waals surface area contributed by atoms with Crippen LogP contribution in [0.4, 0.5) is 0 Å². The van der Waals surface area contributed by atoms with Crippen molar-refractivity contribution in [3.63, 3.8) is 0 Å². The van der Waals surface area contributed by atoms with Crippen molar-refractivity contribution in [1.29, 1.82) is 0 Å². The molecular formula is C14H23NO3. The first-order valence-corrected chi connectivity index (χ1v) is 6.57. The van der Waals surface area contributed by atoms with Gasteiger partial charge in [-0.3, -0.25) is 0 Å². The lowest BCUT2D eigenvalue weighted by atomic mass is 10.1. The van der Waals surface area contributed by atoms with Crippen molar-refractivity contribution >= 4 is 12.0 Å². The molecule has 0 amide bonds. The average molecular weight is 253 g/mol. The summed E-state index contributed by atoms with van der Waals surface area (Å²) >= 11 is 0. The van der Waals surface area contributed by atoms with Gasteiger partial charge in [-0.1, -0.05) is 32.3 Å². The van der Waals surface area contributed by atoms with Gasteiger partial charge in [0.15, 0.2) is 0 Å². The van der Waals surface area contributed by atoms with Crippen LogP contribution in [0.3, 0.4) is 0 Å². The van der Waals surface area contributed by atoms with Crippen molar-refractivity contribution in [3.8, 4) is 0 Å². The third kappa shape index (κ3) is 11.1. The van der Waals surface area contributed by atoms with Gasteiger partial charge in [-0.15, -0.1) is 0 Å². The fourth-order valence-electron chi connectivity index (χ4n) is 1.68. The van der Waals surface area contributed by atoms with Crippen molar-refractivity contribution in [3.05, 3.63) is 12.7 Å². The van der Waals surface area contributed by atoms with Crippen molar-refractivity contribution < 1.29 is 14.3 Å². The normalized spacial score (nSPS) is 11.4. The van der Waals surface area contributed by atoms with Crippen LogP contribution in [0, 0.1) is 0 Å². The molecule has 0 heterocycles. The number of esters is 1. The summed E-state index contributed by atoms with van der Waals surface area (Å²) in [6.45, 7) is 5.86. The second kappa shape index (κ2) is 12.1. The number of carbonyl (C=O) groups excluding carboxylic acids is 2. The summed E-state index contributed by atoms with van der Waals surface area (Å²) in [5, 5.41) is 0. The zero-order valence-corrected chi connectivity index (χ0v) is 11.2. The number of aliphatic imine (C=N–C) groups is 1. The van der Waals surface area contributed by atoms with Gasteiger partial charge >= 0.3 is 5.97 Å². The van der Waals surface area contributed by atoms with Gasteiger partial charge in [-0.05, 0) is 26.2 Å². The van der Waals surface area contributed by atoms with Crippen LogP contribution in [0.25, 0.3) is 0 Å². The topological polar surface area (TPSA) is 55.7 Å².